The van der Waals surface area contributed by atoms with Crippen LogP contribution in [0.15, 0.2) is 58.8 Å². The van der Waals surface area contributed by atoms with E-state index in [2.05, 4.69) is 15.9 Å². The van der Waals surface area contributed by atoms with Gasteiger partial charge in [-0.15, -0.1) is 0 Å². The molecule has 0 saturated carbocycles. The van der Waals surface area contributed by atoms with Crippen molar-refractivity contribution in [3.8, 4) is 0 Å². The van der Waals surface area contributed by atoms with Crippen LogP contribution in [0.5, 0.6) is 0 Å². The molecule has 1 fully saturated rings. The highest BCUT2D eigenvalue weighted by molar-refractivity contribution is 9.10. The number of likely N-dealkylation sites (N-methyl/N-ethyl adjacent to an activating group) is 1. The Morgan fingerprint density at radius 3 is 2.62 bits per heavy atom. The average Bonchev–Trinajstić information content (AvgIpc) is 3.18. The number of hydrogen-bond acceptors (Lipinski definition) is 4. The first-order chi connectivity index (χ1) is 15.3. The Morgan fingerprint density at radius 1 is 1.22 bits per heavy atom. The predicted molar refractivity (Wildman–Crippen MR) is 134 cm³/mol. The van der Waals surface area contributed by atoms with E-state index in [1.807, 2.05) is 29.0 Å². The van der Waals surface area contributed by atoms with Gasteiger partial charge in [0.15, 0.2) is 5.11 Å². The number of nitrogens with zero attached hydrogens (tertiary/aromatic N) is 3. The maximum atomic E-state index is 13.3. The molecule has 0 aliphatic carbocycles. The van der Waals surface area contributed by atoms with Crippen LogP contribution >= 0.6 is 39.7 Å². The third-order valence-electron chi connectivity index (χ3n) is 5.12. The molecule has 1 aromatic heterocycles. The van der Waals surface area contributed by atoms with Gasteiger partial charge in [0.1, 0.15) is 12.2 Å². The van der Waals surface area contributed by atoms with Crippen molar-refractivity contribution in [3.63, 3.8) is 0 Å². The quantitative estimate of drug-likeness (QED) is 0.256. The molecule has 1 aliphatic heterocycles. The first-order valence-corrected chi connectivity index (χ1v) is 11.4. The Morgan fingerprint density at radius 2 is 1.94 bits per heavy atom. The van der Waals surface area contributed by atoms with Crippen molar-refractivity contribution in [2.24, 2.45) is 0 Å². The highest BCUT2D eigenvalue weighted by atomic mass is 79.9. The van der Waals surface area contributed by atoms with E-state index in [1.165, 1.54) is 4.90 Å². The first kappa shape index (κ1) is 22.5. The maximum Gasteiger partial charge on any atom is 0.325 e. The zero-order valence-electron chi connectivity index (χ0n) is 17.3. The van der Waals surface area contributed by atoms with Gasteiger partial charge in [0.05, 0.1) is 12.3 Å². The molecule has 1 saturated heterocycles. The molecule has 164 valence electrons. The van der Waals surface area contributed by atoms with E-state index < -0.39 is 0 Å². The molecular weight excluding hydrogens is 514 g/mol. The molecule has 0 spiro atoms. The van der Waals surface area contributed by atoms with Gasteiger partial charge < -0.3 is 14.2 Å². The highest BCUT2D eigenvalue weighted by Gasteiger charge is 2.37. The molecule has 9 heteroatoms. The molecule has 0 radical (unpaired) electrons. The van der Waals surface area contributed by atoms with Gasteiger partial charge in [-0.3, -0.25) is 14.5 Å². The molecule has 1 aliphatic rings. The number of ether oxygens (including phenoxy) is 1. The molecular formula is C23H19BrClN3O3S. The number of rotatable bonds is 5. The number of carbonyl (C=O) groups is 2. The van der Waals surface area contributed by atoms with Crippen LogP contribution in [-0.2, 0) is 20.9 Å². The van der Waals surface area contributed by atoms with Crippen molar-refractivity contribution in [1.29, 1.82) is 0 Å². The van der Waals surface area contributed by atoms with Gasteiger partial charge in [-0.05, 0) is 67.7 Å². The molecule has 0 N–H and O–H groups in total. The van der Waals surface area contributed by atoms with Crippen molar-refractivity contribution < 1.29 is 14.3 Å². The predicted octanol–water partition coefficient (Wildman–Crippen LogP) is 5.22. The summed E-state index contributed by atoms with van der Waals surface area (Å²) in [7, 11) is 1.76. The minimum atomic E-state index is -0.323. The summed E-state index contributed by atoms with van der Waals surface area (Å²) in [5.41, 5.74) is 2.73. The number of anilines is 1. The second-order valence-corrected chi connectivity index (χ2v) is 8.88. The minimum Gasteiger partial charge on any atom is -0.465 e. The number of thiocarbonyl (C=S) groups is 1. The van der Waals surface area contributed by atoms with Gasteiger partial charge in [-0.2, -0.15) is 0 Å². The largest absolute Gasteiger partial charge is 0.465 e. The minimum absolute atomic E-state index is 0.0776. The van der Waals surface area contributed by atoms with E-state index in [0.29, 0.717) is 28.1 Å². The van der Waals surface area contributed by atoms with Crippen molar-refractivity contribution in [2.45, 2.75) is 13.5 Å². The fourth-order valence-electron chi connectivity index (χ4n) is 3.61. The van der Waals surface area contributed by atoms with Crippen LogP contribution in [0.4, 0.5) is 5.69 Å². The van der Waals surface area contributed by atoms with Crippen molar-refractivity contribution >= 4 is 79.4 Å². The summed E-state index contributed by atoms with van der Waals surface area (Å²) in [4.78, 5) is 28.5. The lowest BCUT2D eigenvalue weighted by Gasteiger charge is -2.16. The molecule has 6 nitrogen and oxygen atoms in total. The molecule has 0 unspecified atom stereocenters. The van der Waals surface area contributed by atoms with Crippen LogP contribution in [0.1, 0.15) is 12.5 Å². The van der Waals surface area contributed by atoms with Crippen LogP contribution in [0.25, 0.3) is 17.0 Å². The van der Waals surface area contributed by atoms with Gasteiger partial charge in [-0.25, -0.2) is 0 Å². The summed E-state index contributed by atoms with van der Waals surface area (Å²) >= 11 is 15.0. The molecule has 32 heavy (non-hydrogen) atoms. The van der Waals surface area contributed by atoms with Gasteiger partial charge in [0.2, 0.25) is 0 Å². The topological polar surface area (TPSA) is 54.8 Å². The van der Waals surface area contributed by atoms with E-state index >= 15 is 0 Å². The van der Waals surface area contributed by atoms with E-state index in [1.54, 1.807) is 49.2 Å². The van der Waals surface area contributed by atoms with Crippen LogP contribution in [0.3, 0.4) is 0 Å². The van der Waals surface area contributed by atoms with Gasteiger partial charge in [0, 0.05) is 39.2 Å². The lowest BCUT2D eigenvalue weighted by atomic mass is 10.1. The first-order valence-electron chi connectivity index (χ1n) is 9.83. The number of carbonyl (C=O) groups excluding carboxylic acids is 2. The van der Waals surface area contributed by atoms with Crippen molar-refractivity contribution in [3.05, 3.63) is 69.4 Å². The number of esters is 1. The highest BCUT2D eigenvalue weighted by Crippen LogP contribution is 2.32. The summed E-state index contributed by atoms with van der Waals surface area (Å²) < 4.78 is 7.81. The normalized spacial score (nSPS) is 15.3. The lowest BCUT2D eigenvalue weighted by molar-refractivity contribution is -0.143. The summed E-state index contributed by atoms with van der Waals surface area (Å²) in [6.45, 7) is 2.17. The lowest BCUT2D eigenvalue weighted by Crippen LogP contribution is -2.31. The van der Waals surface area contributed by atoms with E-state index in [9.17, 15) is 9.59 Å². The fraction of sp³-hybridized carbons (Fsp3) is 0.174. The van der Waals surface area contributed by atoms with Crippen LogP contribution in [0.2, 0.25) is 5.02 Å². The Balaban J connectivity index is 1.77. The number of amides is 1. The van der Waals surface area contributed by atoms with Gasteiger partial charge >= 0.3 is 5.97 Å². The Labute approximate surface area is 204 Å². The van der Waals surface area contributed by atoms with Crippen LogP contribution < -0.4 is 4.90 Å². The van der Waals surface area contributed by atoms with Crippen LogP contribution in [-0.4, -0.2) is 40.1 Å². The molecule has 2 aromatic carbocycles. The van der Waals surface area contributed by atoms with E-state index in [0.717, 1.165) is 20.9 Å². The van der Waals surface area contributed by atoms with Gasteiger partial charge in [-0.1, -0.05) is 27.5 Å². The standard InChI is InChI=1S/C23H19BrClN3O3S/c1-3-31-21(29)13-27-12-14(18-11-15(24)4-9-19(18)27)10-20-22(30)28(23(32)26(20)2)17-7-5-16(25)6-8-17/h4-12H,3,13H2,1-2H3/b20-10-. The maximum absolute atomic E-state index is 13.3. The Hall–Kier alpha value is -2.68. The third kappa shape index (κ3) is 4.18. The zero-order valence-corrected chi connectivity index (χ0v) is 20.5. The Kier molecular flexibility index (Phi) is 6.37. The number of hydrogen-bond donors (Lipinski definition) is 0. The summed E-state index contributed by atoms with van der Waals surface area (Å²) in [5.74, 6) is -0.559. The summed E-state index contributed by atoms with van der Waals surface area (Å²) in [5, 5.41) is 1.85. The van der Waals surface area contributed by atoms with Crippen molar-refractivity contribution in [2.75, 3.05) is 18.6 Å². The molecule has 0 bridgehead atoms. The van der Waals surface area contributed by atoms with Crippen LogP contribution in [0, 0.1) is 0 Å². The Bertz CT molecular complexity index is 1270. The smallest absolute Gasteiger partial charge is 0.325 e. The second kappa shape index (κ2) is 9.05. The second-order valence-electron chi connectivity index (χ2n) is 7.17. The zero-order chi connectivity index (χ0) is 23.0. The number of halogens is 2. The van der Waals surface area contributed by atoms with E-state index in [4.69, 9.17) is 28.6 Å². The van der Waals surface area contributed by atoms with Crippen molar-refractivity contribution in [1.82, 2.24) is 9.47 Å². The molecule has 2 heterocycles. The number of benzene rings is 2. The summed E-state index contributed by atoms with van der Waals surface area (Å²) in [6, 6.07) is 12.7. The number of aromatic nitrogens is 1. The third-order valence-corrected chi connectivity index (χ3v) is 6.32. The fourth-order valence-corrected chi connectivity index (χ4v) is 4.38. The average molecular weight is 533 g/mol. The SMILES string of the molecule is CCOC(=O)Cn1cc(/C=C2/C(=O)N(c3ccc(Cl)cc3)C(=S)N2C)c2cc(Br)ccc21. The summed E-state index contributed by atoms with van der Waals surface area (Å²) in [6.07, 6.45) is 3.64. The van der Waals surface area contributed by atoms with E-state index in [-0.39, 0.29) is 18.4 Å². The van der Waals surface area contributed by atoms with Gasteiger partial charge in [0.25, 0.3) is 5.91 Å². The molecule has 4 rings (SSSR count). The molecule has 0 atom stereocenters. The monoisotopic (exact) mass is 531 g/mol. The molecule has 3 aromatic rings. The number of fused-ring (bicyclic) bond motifs is 1. The molecule has 1 amide bonds.